The third-order valence-electron chi connectivity index (χ3n) is 11.8. The van der Waals surface area contributed by atoms with Gasteiger partial charge < -0.3 is 39.7 Å². The minimum absolute atomic E-state index is 0.0252. The number of ether oxygens (including phenoxy) is 2. The zero-order valence-corrected chi connectivity index (χ0v) is 35.2. The number of fused-ring (bicyclic) bond motifs is 2. The van der Waals surface area contributed by atoms with E-state index in [1.165, 1.54) is 0 Å². The van der Waals surface area contributed by atoms with Crippen LogP contribution in [0.15, 0.2) is 42.9 Å². The Hall–Kier alpha value is -6.27. The molecule has 1 atom stereocenters. The van der Waals surface area contributed by atoms with Crippen molar-refractivity contribution in [2.45, 2.75) is 69.7 Å². The number of nitrogens with one attached hydrogen (secondary N) is 1. The van der Waals surface area contributed by atoms with Gasteiger partial charge in [-0.15, -0.1) is 0 Å². The summed E-state index contributed by atoms with van der Waals surface area (Å²) in [5.41, 5.74) is 6.48. The second-order valence-electron chi connectivity index (χ2n) is 16.5. The van der Waals surface area contributed by atoms with E-state index >= 15 is 0 Å². The Bertz CT molecular complexity index is 2460. The smallest absolute Gasteiger partial charge is 0.244 e. The number of rotatable bonds is 17. The summed E-state index contributed by atoms with van der Waals surface area (Å²) < 4.78 is 13.5. The molecule has 324 valence electrons. The molecule has 2 amide bonds. The van der Waals surface area contributed by atoms with Gasteiger partial charge in [-0.05, 0) is 63.9 Å². The summed E-state index contributed by atoms with van der Waals surface area (Å²) in [5.74, 6) is 3.12. The van der Waals surface area contributed by atoms with Crippen LogP contribution in [0.5, 0.6) is 11.5 Å². The fraction of sp³-hybridized carbons (Fsp3) is 0.477. The molecule has 1 saturated carbocycles. The quantitative estimate of drug-likeness (QED) is 0.123. The summed E-state index contributed by atoms with van der Waals surface area (Å²) in [6.45, 7) is 1.26. The lowest BCUT2D eigenvalue weighted by molar-refractivity contribution is -0.128. The number of aliphatic hydroxyl groups is 2. The number of likely N-dealkylation sites (tertiary alicyclic amines) is 1. The van der Waals surface area contributed by atoms with E-state index < -0.39 is 0 Å². The third-order valence-corrected chi connectivity index (χ3v) is 11.8. The minimum Gasteiger partial charge on any atom is -0.491 e. The van der Waals surface area contributed by atoms with Crippen LogP contribution < -0.4 is 24.6 Å². The summed E-state index contributed by atoms with van der Waals surface area (Å²) in [6, 6.07) is 7.58. The van der Waals surface area contributed by atoms with Crippen molar-refractivity contribution >= 4 is 29.1 Å². The van der Waals surface area contributed by atoms with Crippen LogP contribution in [0, 0.1) is 0 Å². The molecule has 5 aromatic heterocycles. The van der Waals surface area contributed by atoms with Crippen LogP contribution in [0.1, 0.15) is 72.3 Å². The fourth-order valence-electron chi connectivity index (χ4n) is 8.61. The molecule has 18 heteroatoms. The highest BCUT2D eigenvalue weighted by Crippen LogP contribution is 2.36. The van der Waals surface area contributed by atoms with Crippen molar-refractivity contribution in [1.29, 1.82) is 0 Å². The van der Waals surface area contributed by atoms with E-state index in [4.69, 9.17) is 34.4 Å². The van der Waals surface area contributed by atoms with Crippen molar-refractivity contribution in [3.8, 4) is 34.5 Å². The molecular formula is C44H52N12O6. The molecule has 1 aliphatic heterocycles. The SMILES string of the molecule is CN(CC(=O)N1CCC(c2cc(OCCO)cc(-c3nc4c(c(N(C)CC(=O)Nc5cnn(C6CC6)c5)n3)CCC4)n2)C1)c1nc(-c2cc(OCCO)ccn2)nc2c1CCC2. The largest absolute Gasteiger partial charge is 0.491 e. The summed E-state index contributed by atoms with van der Waals surface area (Å²) in [6.07, 6.45) is 13.3. The van der Waals surface area contributed by atoms with Crippen LogP contribution >= 0.6 is 0 Å². The number of hydrogen-bond acceptors (Lipinski definition) is 15. The number of anilines is 3. The molecule has 0 radical (unpaired) electrons. The van der Waals surface area contributed by atoms with E-state index in [9.17, 15) is 19.8 Å². The highest BCUT2D eigenvalue weighted by molar-refractivity contribution is 5.93. The van der Waals surface area contributed by atoms with Gasteiger partial charge in [0.25, 0.3) is 0 Å². The molecule has 1 saturated heterocycles. The molecule has 5 aromatic rings. The average molecular weight is 845 g/mol. The first-order valence-corrected chi connectivity index (χ1v) is 21.5. The van der Waals surface area contributed by atoms with Gasteiger partial charge in [-0.3, -0.25) is 19.3 Å². The molecule has 18 nitrogen and oxygen atoms in total. The Morgan fingerprint density at radius 3 is 2.16 bits per heavy atom. The van der Waals surface area contributed by atoms with Gasteiger partial charge in [0.15, 0.2) is 11.6 Å². The zero-order valence-electron chi connectivity index (χ0n) is 35.2. The molecule has 62 heavy (non-hydrogen) atoms. The Morgan fingerprint density at radius 1 is 0.806 bits per heavy atom. The van der Waals surface area contributed by atoms with E-state index in [1.54, 1.807) is 30.6 Å². The van der Waals surface area contributed by atoms with Crippen LogP contribution in [0.2, 0.25) is 0 Å². The van der Waals surface area contributed by atoms with Crippen LogP contribution in [0.4, 0.5) is 17.3 Å². The maximum Gasteiger partial charge on any atom is 0.244 e. The van der Waals surface area contributed by atoms with Gasteiger partial charge in [0.1, 0.15) is 47.7 Å². The molecule has 3 aliphatic carbocycles. The Balaban J connectivity index is 0.913. The number of likely N-dealkylation sites (N-methyl/N-ethyl adjacent to an activating group) is 2. The van der Waals surface area contributed by atoms with Crippen LogP contribution in [-0.2, 0) is 35.3 Å². The number of nitrogens with zero attached hydrogens (tertiary/aromatic N) is 11. The van der Waals surface area contributed by atoms with Crippen molar-refractivity contribution in [3.05, 3.63) is 71.1 Å². The fourth-order valence-corrected chi connectivity index (χ4v) is 8.61. The van der Waals surface area contributed by atoms with Gasteiger partial charge in [0.2, 0.25) is 11.8 Å². The number of amides is 2. The van der Waals surface area contributed by atoms with Gasteiger partial charge in [-0.2, -0.15) is 5.10 Å². The highest BCUT2D eigenvalue weighted by atomic mass is 16.5. The second kappa shape index (κ2) is 18.0. The number of hydrogen-bond donors (Lipinski definition) is 3. The lowest BCUT2D eigenvalue weighted by atomic mass is 10.0. The van der Waals surface area contributed by atoms with Gasteiger partial charge >= 0.3 is 0 Å². The van der Waals surface area contributed by atoms with E-state index in [-0.39, 0.29) is 57.2 Å². The summed E-state index contributed by atoms with van der Waals surface area (Å²) >= 11 is 0. The predicted molar refractivity (Wildman–Crippen MR) is 229 cm³/mol. The van der Waals surface area contributed by atoms with Crippen LogP contribution in [-0.4, -0.2) is 133 Å². The van der Waals surface area contributed by atoms with Gasteiger partial charge in [0.05, 0.1) is 44.2 Å². The topological polar surface area (TPSA) is 210 Å². The first-order chi connectivity index (χ1) is 30.2. The lowest BCUT2D eigenvalue weighted by Gasteiger charge is -2.24. The monoisotopic (exact) mass is 844 g/mol. The summed E-state index contributed by atoms with van der Waals surface area (Å²) in [7, 11) is 3.75. The van der Waals surface area contributed by atoms with Gasteiger partial charge in [-0.1, -0.05) is 0 Å². The Morgan fingerprint density at radius 2 is 1.47 bits per heavy atom. The number of aryl methyl sites for hydroxylation is 2. The molecule has 1 unspecified atom stereocenters. The van der Waals surface area contributed by atoms with E-state index in [2.05, 4.69) is 15.4 Å². The number of pyridine rings is 2. The molecule has 0 spiro atoms. The summed E-state index contributed by atoms with van der Waals surface area (Å²) in [4.78, 5) is 62.2. The molecular weight excluding hydrogens is 793 g/mol. The van der Waals surface area contributed by atoms with Crippen molar-refractivity contribution < 1.29 is 29.3 Å². The van der Waals surface area contributed by atoms with E-state index in [0.717, 1.165) is 85.4 Å². The second-order valence-corrected chi connectivity index (χ2v) is 16.5. The number of carbonyl (C=O) groups excluding carboxylic acids is 2. The summed E-state index contributed by atoms with van der Waals surface area (Å²) in [5, 5.41) is 26.2. The number of aromatic nitrogens is 8. The van der Waals surface area contributed by atoms with Crippen molar-refractivity contribution in [2.24, 2.45) is 0 Å². The standard InChI is InChI=1S/C44H52N12O6/c1-53(25-39(59)47-28-22-46-56(24-28)29-9-10-29)43-32-5-3-8-35(32)50-42(52-43)38-21-31(62-18-16-58)20-36(48-38)27-12-14-55(23-27)40(60)26-54(2)44-33-6-4-7-34(33)49-41(51-44)37-19-30(11-13-45-37)61-17-15-57/h11,13,19-22,24,27,29,57-58H,3-10,12,14-18,23,25-26H2,1-2H3,(H,47,59). The molecule has 9 rings (SSSR count). The molecule has 6 heterocycles. The lowest BCUT2D eigenvalue weighted by Crippen LogP contribution is -2.38. The molecule has 3 N–H and O–H groups in total. The zero-order chi connectivity index (χ0) is 42.7. The molecule has 2 fully saturated rings. The number of aliphatic hydroxyl groups excluding tert-OH is 2. The molecule has 0 aromatic carbocycles. The van der Waals surface area contributed by atoms with Crippen molar-refractivity contribution in [2.75, 3.05) is 81.8 Å². The average Bonchev–Trinajstić information content (AvgIpc) is 3.72. The first-order valence-electron chi connectivity index (χ1n) is 21.5. The molecule has 0 bridgehead atoms. The predicted octanol–water partition coefficient (Wildman–Crippen LogP) is 3.17. The van der Waals surface area contributed by atoms with Gasteiger partial charge in [0, 0.05) is 91.9 Å². The maximum atomic E-state index is 14.0. The Kier molecular flexibility index (Phi) is 11.9. The number of carbonyl (C=O) groups is 2. The third kappa shape index (κ3) is 9.02. The van der Waals surface area contributed by atoms with Gasteiger partial charge in [-0.25, -0.2) is 24.9 Å². The van der Waals surface area contributed by atoms with Crippen molar-refractivity contribution in [1.82, 2.24) is 44.6 Å². The first kappa shape index (κ1) is 41.1. The highest BCUT2D eigenvalue weighted by Gasteiger charge is 2.32. The van der Waals surface area contributed by atoms with Crippen LogP contribution in [0.25, 0.3) is 23.0 Å². The minimum atomic E-state index is -0.170. The van der Waals surface area contributed by atoms with Crippen LogP contribution in [0.3, 0.4) is 0 Å². The van der Waals surface area contributed by atoms with E-state index in [1.807, 2.05) is 45.7 Å². The maximum absolute atomic E-state index is 14.0. The van der Waals surface area contributed by atoms with E-state index in [0.29, 0.717) is 71.6 Å². The molecule has 4 aliphatic rings. The normalized spacial score (nSPS) is 16.6. The Labute approximate surface area is 359 Å². The van der Waals surface area contributed by atoms with Crippen molar-refractivity contribution in [3.63, 3.8) is 0 Å².